The van der Waals surface area contributed by atoms with Crippen molar-refractivity contribution in [1.82, 2.24) is 5.32 Å². The summed E-state index contributed by atoms with van der Waals surface area (Å²) in [7, 11) is 6.92. The van der Waals surface area contributed by atoms with Gasteiger partial charge in [-0.15, -0.1) is 0 Å². The lowest BCUT2D eigenvalue weighted by Crippen LogP contribution is -1.89. The normalized spacial score (nSPS) is 7.50. The van der Waals surface area contributed by atoms with Crippen molar-refractivity contribution in [3.8, 4) is 0 Å². The molecule has 0 rings (SSSR count). The topological polar surface area (TPSA) is 30.5 Å². The zero-order valence-corrected chi connectivity index (χ0v) is 6.02. The van der Waals surface area contributed by atoms with Crippen LogP contribution < -0.4 is 5.32 Å². The Morgan fingerprint density at radius 3 is 1.38 bits per heavy atom. The van der Waals surface area contributed by atoms with Crippen LogP contribution in [-0.2, 0) is 9.47 Å². The molecule has 0 aromatic carbocycles. The van der Waals surface area contributed by atoms with Crippen LogP contribution in [0.2, 0.25) is 0 Å². The molecule has 0 aliphatic heterocycles. The van der Waals surface area contributed by atoms with E-state index < -0.39 is 0 Å². The minimum atomic E-state index is 0.389. The average Bonchev–Trinajstić information content (AvgIpc) is 1.71. The van der Waals surface area contributed by atoms with Crippen LogP contribution in [0.3, 0.4) is 0 Å². The molecule has 0 heterocycles. The summed E-state index contributed by atoms with van der Waals surface area (Å²) in [5, 5.41) is 2.75. The van der Waals surface area contributed by atoms with Crippen LogP contribution >= 0.6 is 0 Å². The second-order valence-electron chi connectivity index (χ2n) is 1.20. The van der Waals surface area contributed by atoms with Crippen LogP contribution in [0.5, 0.6) is 0 Å². The second-order valence-corrected chi connectivity index (χ2v) is 1.20. The molecule has 8 heavy (non-hydrogen) atoms. The van der Waals surface area contributed by atoms with E-state index in [2.05, 4.69) is 14.8 Å². The highest BCUT2D eigenvalue weighted by atomic mass is 16.6. The summed E-state index contributed by atoms with van der Waals surface area (Å²) in [6.07, 6.45) is 0. The van der Waals surface area contributed by atoms with Crippen molar-refractivity contribution in [3.63, 3.8) is 0 Å². The van der Waals surface area contributed by atoms with Gasteiger partial charge in [0.15, 0.2) is 0 Å². The minimum Gasteiger partial charge on any atom is -0.359 e. The molecule has 0 bridgehead atoms. The summed E-state index contributed by atoms with van der Waals surface area (Å²) in [5.41, 5.74) is 0. The van der Waals surface area contributed by atoms with Gasteiger partial charge in [0, 0.05) is 14.2 Å². The van der Waals surface area contributed by atoms with E-state index in [-0.39, 0.29) is 0 Å². The van der Waals surface area contributed by atoms with E-state index in [1.165, 1.54) is 0 Å². The maximum Gasteiger partial charge on any atom is 0.145 e. The van der Waals surface area contributed by atoms with Gasteiger partial charge in [-0.3, -0.25) is 0 Å². The van der Waals surface area contributed by atoms with Gasteiger partial charge >= 0.3 is 0 Å². The van der Waals surface area contributed by atoms with Crippen LogP contribution in [0.25, 0.3) is 0 Å². The Balaban J connectivity index is 0. The smallest absolute Gasteiger partial charge is 0.145 e. The molecule has 0 atom stereocenters. The summed E-state index contributed by atoms with van der Waals surface area (Å²) in [4.78, 5) is 0. The second kappa shape index (κ2) is 15.8. The largest absolute Gasteiger partial charge is 0.359 e. The molecule has 0 aliphatic rings. The molecule has 0 aromatic rings. The summed E-state index contributed by atoms with van der Waals surface area (Å²) in [6.45, 7) is 0.389. The molecule has 0 unspecified atom stereocenters. The van der Waals surface area contributed by atoms with E-state index in [1.54, 1.807) is 14.2 Å². The number of rotatable bonds is 2. The Bertz CT molecular complexity index is 24.4. The van der Waals surface area contributed by atoms with Gasteiger partial charge < -0.3 is 14.8 Å². The standard InChI is InChI=1S/C3H8O2.C2H7N/c1-4-3-5-2;1-3-2/h3H2,1-2H3;3H,1-2H3. The first-order valence-corrected chi connectivity index (χ1v) is 2.39. The predicted molar refractivity (Wildman–Crippen MR) is 33.9 cm³/mol. The molecular formula is C5H15NO2. The molecule has 0 amide bonds. The Kier molecular flexibility index (Phi) is 21.3. The van der Waals surface area contributed by atoms with Gasteiger partial charge in [-0.2, -0.15) is 0 Å². The van der Waals surface area contributed by atoms with Crippen LogP contribution in [0, 0.1) is 0 Å². The van der Waals surface area contributed by atoms with Crippen molar-refractivity contribution in [1.29, 1.82) is 0 Å². The van der Waals surface area contributed by atoms with Crippen molar-refractivity contribution < 1.29 is 9.47 Å². The van der Waals surface area contributed by atoms with Gasteiger partial charge in [-0.05, 0) is 14.1 Å². The van der Waals surface area contributed by atoms with E-state index in [0.29, 0.717) is 6.79 Å². The summed E-state index contributed by atoms with van der Waals surface area (Å²) < 4.78 is 8.94. The molecule has 0 aromatic heterocycles. The van der Waals surface area contributed by atoms with E-state index in [1.807, 2.05) is 14.1 Å². The highest BCUT2D eigenvalue weighted by molar-refractivity contribution is 3.91. The molecular weight excluding hydrogens is 106 g/mol. The molecule has 3 heteroatoms. The molecule has 0 spiro atoms. The van der Waals surface area contributed by atoms with Gasteiger partial charge in [0.25, 0.3) is 0 Å². The maximum atomic E-state index is 4.47. The van der Waals surface area contributed by atoms with Gasteiger partial charge in [-0.1, -0.05) is 0 Å². The lowest BCUT2D eigenvalue weighted by molar-refractivity contribution is -0.00271. The van der Waals surface area contributed by atoms with Crippen molar-refractivity contribution in [2.24, 2.45) is 0 Å². The number of nitrogens with one attached hydrogen (secondary N) is 1. The van der Waals surface area contributed by atoms with Gasteiger partial charge in [0.2, 0.25) is 0 Å². The van der Waals surface area contributed by atoms with Crippen molar-refractivity contribution >= 4 is 0 Å². The fraction of sp³-hybridized carbons (Fsp3) is 1.00. The zero-order valence-electron chi connectivity index (χ0n) is 6.02. The molecule has 3 nitrogen and oxygen atoms in total. The number of methoxy groups -OCH3 is 2. The quantitative estimate of drug-likeness (QED) is 0.524. The molecule has 0 radical (unpaired) electrons. The summed E-state index contributed by atoms with van der Waals surface area (Å²) in [6, 6.07) is 0. The summed E-state index contributed by atoms with van der Waals surface area (Å²) >= 11 is 0. The molecule has 0 saturated heterocycles. The Morgan fingerprint density at radius 1 is 1.12 bits per heavy atom. The molecule has 0 saturated carbocycles. The van der Waals surface area contributed by atoms with Crippen molar-refractivity contribution in [2.75, 3.05) is 35.1 Å². The molecule has 0 fully saturated rings. The number of hydrogen-bond donors (Lipinski definition) is 1. The number of hydrogen-bond acceptors (Lipinski definition) is 3. The minimum absolute atomic E-state index is 0.389. The third kappa shape index (κ3) is 39.6. The van der Waals surface area contributed by atoms with Crippen LogP contribution in [0.15, 0.2) is 0 Å². The van der Waals surface area contributed by atoms with Crippen LogP contribution in [0.4, 0.5) is 0 Å². The Labute approximate surface area is 51.0 Å². The molecule has 1 N–H and O–H groups in total. The third-order valence-electron chi connectivity index (χ3n) is 0.236. The summed E-state index contributed by atoms with van der Waals surface area (Å²) in [5.74, 6) is 0. The zero-order chi connectivity index (χ0) is 6.83. The van der Waals surface area contributed by atoms with Gasteiger partial charge in [0.1, 0.15) is 6.79 Å². The third-order valence-corrected chi connectivity index (χ3v) is 0.236. The molecule has 0 aliphatic carbocycles. The van der Waals surface area contributed by atoms with Gasteiger partial charge in [0.05, 0.1) is 0 Å². The molecule has 52 valence electrons. The first-order chi connectivity index (χ1) is 3.83. The lowest BCUT2D eigenvalue weighted by Gasteiger charge is -1.87. The average molecular weight is 121 g/mol. The van der Waals surface area contributed by atoms with Crippen LogP contribution in [0.1, 0.15) is 0 Å². The van der Waals surface area contributed by atoms with Gasteiger partial charge in [-0.25, -0.2) is 0 Å². The maximum absolute atomic E-state index is 4.47. The fourth-order valence-corrected chi connectivity index (χ4v) is 0.118. The monoisotopic (exact) mass is 121 g/mol. The van der Waals surface area contributed by atoms with Crippen molar-refractivity contribution in [3.05, 3.63) is 0 Å². The highest BCUT2D eigenvalue weighted by Crippen LogP contribution is 1.60. The Hall–Kier alpha value is -0.120. The first kappa shape index (κ1) is 10.8. The van der Waals surface area contributed by atoms with Crippen molar-refractivity contribution in [2.45, 2.75) is 0 Å². The fourth-order valence-electron chi connectivity index (χ4n) is 0.118. The lowest BCUT2D eigenvalue weighted by atomic mass is 11.3. The van der Waals surface area contributed by atoms with E-state index in [0.717, 1.165) is 0 Å². The SMILES string of the molecule is CNC.COCOC. The first-order valence-electron chi connectivity index (χ1n) is 2.39. The highest BCUT2D eigenvalue weighted by Gasteiger charge is 1.63. The van der Waals surface area contributed by atoms with E-state index in [4.69, 9.17) is 0 Å². The number of ether oxygens (including phenoxy) is 2. The van der Waals surface area contributed by atoms with E-state index >= 15 is 0 Å². The van der Waals surface area contributed by atoms with E-state index in [9.17, 15) is 0 Å². The Morgan fingerprint density at radius 2 is 1.38 bits per heavy atom. The predicted octanol–water partition coefficient (Wildman–Crippen LogP) is 0.0723. The van der Waals surface area contributed by atoms with Crippen LogP contribution in [-0.4, -0.2) is 35.1 Å².